The Morgan fingerprint density at radius 1 is 1.56 bits per heavy atom. The molecular weight excluding hydrogens is 116 g/mol. The van der Waals surface area contributed by atoms with Gasteiger partial charge in [0, 0.05) is 0 Å². The maximum absolute atomic E-state index is 9.20. The fourth-order valence-corrected chi connectivity index (χ4v) is 0.511. The second kappa shape index (κ2) is 2.50. The van der Waals surface area contributed by atoms with E-state index in [-0.39, 0.29) is 0 Å². The fourth-order valence-electron chi connectivity index (χ4n) is 0.511. The van der Waals surface area contributed by atoms with Gasteiger partial charge in [0.2, 0.25) is 0 Å². The minimum Gasteiger partial charge on any atom is -0.389 e. The highest BCUT2D eigenvalue weighted by molar-refractivity contribution is 5.12. The monoisotopic (exact) mass is 130 g/mol. The topological polar surface area (TPSA) is 40.5 Å². The van der Waals surface area contributed by atoms with Crippen LogP contribution in [0.3, 0.4) is 0 Å². The molecule has 0 aromatic rings. The molecule has 2 heteroatoms. The van der Waals surface area contributed by atoms with E-state index in [0.717, 1.165) is 0 Å². The van der Waals surface area contributed by atoms with Crippen molar-refractivity contribution in [1.82, 2.24) is 0 Å². The molecule has 0 bridgehead atoms. The third-order valence-electron chi connectivity index (χ3n) is 1.29. The lowest BCUT2D eigenvalue weighted by atomic mass is 9.96. The molecule has 0 aromatic carbocycles. The van der Waals surface area contributed by atoms with E-state index >= 15 is 0 Å². The molecule has 0 saturated carbocycles. The normalized spacial score (nSPS) is 15.2. The minimum atomic E-state index is -0.964. The third-order valence-corrected chi connectivity index (χ3v) is 1.29. The van der Waals surface area contributed by atoms with E-state index in [4.69, 9.17) is 5.11 Å². The molecule has 0 spiro atoms. The molecule has 0 saturated heterocycles. The number of aliphatic hydroxyl groups is 2. The second-order valence-corrected chi connectivity index (χ2v) is 2.76. The van der Waals surface area contributed by atoms with Gasteiger partial charge in [0.15, 0.2) is 0 Å². The van der Waals surface area contributed by atoms with Crippen molar-refractivity contribution >= 4 is 0 Å². The molecule has 0 heterocycles. The third kappa shape index (κ3) is 2.63. The van der Waals surface area contributed by atoms with Crippen LogP contribution in [0, 0.1) is 0 Å². The molecule has 0 aromatic heterocycles. The van der Waals surface area contributed by atoms with E-state index in [2.05, 4.69) is 6.58 Å². The Morgan fingerprint density at radius 3 is 1.89 bits per heavy atom. The Kier molecular flexibility index (Phi) is 2.40. The summed E-state index contributed by atoms with van der Waals surface area (Å²) in [5.41, 5.74) is -0.517. The summed E-state index contributed by atoms with van der Waals surface area (Å²) < 4.78 is 0. The van der Waals surface area contributed by atoms with Crippen LogP contribution >= 0.6 is 0 Å². The van der Waals surface area contributed by atoms with Gasteiger partial charge in [0.1, 0.15) is 0 Å². The lowest BCUT2D eigenvalue weighted by molar-refractivity contribution is 0.0863. The van der Waals surface area contributed by atoms with Crippen LogP contribution in [0.5, 0.6) is 0 Å². The molecule has 0 fully saturated rings. The van der Waals surface area contributed by atoms with E-state index in [1.807, 2.05) is 0 Å². The van der Waals surface area contributed by atoms with Crippen molar-refractivity contribution < 1.29 is 10.2 Å². The molecule has 0 aliphatic heterocycles. The van der Waals surface area contributed by atoms with E-state index < -0.39 is 11.7 Å². The summed E-state index contributed by atoms with van der Waals surface area (Å²) in [5, 5.41) is 18.1. The van der Waals surface area contributed by atoms with Gasteiger partial charge in [-0.05, 0) is 26.3 Å². The van der Waals surface area contributed by atoms with Gasteiger partial charge in [-0.1, -0.05) is 6.58 Å². The smallest absolute Gasteiger partial charge is 0.0822 e. The first-order valence-electron chi connectivity index (χ1n) is 2.95. The maximum atomic E-state index is 9.20. The van der Waals surface area contributed by atoms with Crippen LogP contribution in [0.2, 0.25) is 0 Å². The molecule has 0 aliphatic carbocycles. The Labute approximate surface area is 55.8 Å². The molecule has 1 atom stereocenters. The highest BCUT2D eigenvalue weighted by Crippen LogP contribution is 2.15. The average Bonchev–Trinajstić information content (AvgIpc) is 1.62. The summed E-state index contributed by atoms with van der Waals surface area (Å²) in [6.45, 7) is 8.31. The first-order valence-corrected chi connectivity index (χ1v) is 2.95. The molecule has 2 nitrogen and oxygen atoms in total. The Hall–Kier alpha value is -0.340. The van der Waals surface area contributed by atoms with Gasteiger partial charge in [-0.15, -0.1) is 0 Å². The van der Waals surface area contributed by atoms with Crippen LogP contribution in [0.4, 0.5) is 0 Å². The Bertz CT molecular complexity index is 109. The quantitative estimate of drug-likeness (QED) is 0.540. The molecule has 0 radical (unpaired) electrons. The first kappa shape index (κ1) is 8.66. The van der Waals surface area contributed by atoms with Gasteiger partial charge >= 0.3 is 0 Å². The summed E-state index contributed by atoms with van der Waals surface area (Å²) in [7, 11) is 0. The second-order valence-electron chi connectivity index (χ2n) is 2.76. The number of hydrogen-bond acceptors (Lipinski definition) is 2. The molecule has 0 rings (SSSR count). The van der Waals surface area contributed by atoms with Crippen LogP contribution < -0.4 is 0 Å². The van der Waals surface area contributed by atoms with E-state index in [0.29, 0.717) is 5.57 Å². The van der Waals surface area contributed by atoms with Gasteiger partial charge in [-0.3, -0.25) is 0 Å². The summed E-state index contributed by atoms with van der Waals surface area (Å²) in [6.07, 6.45) is -0.634. The minimum absolute atomic E-state index is 0.447. The van der Waals surface area contributed by atoms with Crippen molar-refractivity contribution in [3.63, 3.8) is 0 Å². The lowest BCUT2D eigenvalue weighted by Gasteiger charge is -2.22. The van der Waals surface area contributed by atoms with Crippen molar-refractivity contribution in [2.75, 3.05) is 0 Å². The van der Waals surface area contributed by atoms with Gasteiger partial charge in [-0.25, -0.2) is 0 Å². The van der Waals surface area contributed by atoms with Gasteiger partial charge in [-0.2, -0.15) is 0 Å². The van der Waals surface area contributed by atoms with Crippen molar-refractivity contribution in [3.05, 3.63) is 12.2 Å². The van der Waals surface area contributed by atoms with Crippen molar-refractivity contribution in [3.8, 4) is 0 Å². The van der Waals surface area contributed by atoms with E-state index in [1.54, 1.807) is 20.8 Å². The van der Waals surface area contributed by atoms with Crippen LogP contribution in [-0.4, -0.2) is 21.9 Å². The highest BCUT2D eigenvalue weighted by atomic mass is 16.3. The zero-order chi connectivity index (χ0) is 7.65. The number of hydrogen-bond donors (Lipinski definition) is 2. The zero-order valence-electron chi connectivity index (χ0n) is 6.18. The predicted molar refractivity (Wildman–Crippen MR) is 37.1 cm³/mol. The Balaban J connectivity index is 4.06. The van der Waals surface area contributed by atoms with Crippen LogP contribution in [0.15, 0.2) is 12.2 Å². The molecule has 2 N–H and O–H groups in total. The fraction of sp³-hybridized carbons (Fsp3) is 0.714. The van der Waals surface area contributed by atoms with E-state index in [9.17, 15) is 5.11 Å². The SMILES string of the molecule is C=C(C(C)O)C(C)(C)O. The lowest BCUT2D eigenvalue weighted by Crippen LogP contribution is -2.27. The van der Waals surface area contributed by atoms with E-state index in [1.165, 1.54) is 0 Å². The molecule has 9 heavy (non-hydrogen) atoms. The van der Waals surface area contributed by atoms with Gasteiger partial charge in [0.05, 0.1) is 11.7 Å². The largest absolute Gasteiger partial charge is 0.389 e. The summed E-state index contributed by atoms with van der Waals surface area (Å²) in [6, 6.07) is 0. The molecule has 0 amide bonds. The zero-order valence-corrected chi connectivity index (χ0v) is 6.18. The van der Waals surface area contributed by atoms with Crippen molar-refractivity contribution in [2.24, 2.45) is 0 Å². The first-order chi connectivity index (χ1) is 3.85. The molecule has 0 aliphatic rings. The Morgan fingerprint density at radius 2 is 1.89 bits per heavy atom. The predicted octanol–water partition coefficient (Wildman–Crippen LogP) is 0.694. The summed E-state index contributed by atoms with van der Waals surface area (Å²) in [4.78, 5) is 0. The molecule has 54 valence electrons. The van der Waals surface area contributed by atoms with Gasteiger partial charge < -0.3 is 10.2 Å². The number of rotatable bonds is 2. The van der Waals surface area contributed by atoms with Crippen LogP contribution in [0.25, 0.3) is 0 Å². The highest BCUT2D eigenvalue weighted by Gasteiger charge is 2.20. The summed E-state index contributed by atoms with van der Waals surface area (Å²) >= 11 is 0. The van der Waals surface area contributed by atoms with Crippen LogP contribution in [0.1, 0.15) is 20.8 Å². The summed E-state index contributed by atoms with van der Waals surface area (Å²) in [5.74, 6) is 0. The van der Waals surface area contributed by atoms with Crippen molar-refractivity contribution in [1.29, 1.82) is 0 Å². The average molecular weight is 130 g/mol. The standard InChI is InChI=1S/C7H14O2/c1-5(6(2)8)7(3,4)9/h6,8-9H,1H2,2-4H3. The van der Waals surface area contributed by atoms with Crippen LogP contribution in [-0.2, 0) is 0 Å². The maximum Gasteiger partial charge on any atom is 0.0822 e. The van der Waals surface area contributed by atoms with Gasteiger partial charge in [0.25, 0.3) is 0 Å². The molecular formula is C7H14O2. The van der Waals surface area contributed by atoms with Crippen molar-refractivity contribution in [2.45, 2.75) is 32.5 Å². The number of aliphatic hydroxyl groups excluding tert-OH is 1. The molecule has 1 unspecified atom stereocenters.